The lowest BCUT2D eigenvalue weighted by Crippen LogP contribution is -2.43. The van der Waals surface area contributed by atoms with Crippen LogP contribution in [0.5, 0.6) is 0 Å². The van der Waals surface area contributed by atoms with Crippen molar-refractivity contribution in [1.29, 1.82) is 0 Å². The molecule has 2 amide bonds. The van der Waals surface area contributed by atoms with Crippen LogP contribution in [0, 0.1) is 0 Å². The van der Waals surface area contributed by atoms with Crippen molar-refractivity contribution in [2.24, 2.45) is 5.73 Å². The van der Waals surface area contributed by atoms with E-state index in [0.29, 0.717) is 0 Å². The third kappa shape index (κ3) is 2.91. The van der Waals surface area contributed by atoms with Gasteiger partial charge in [0.05, 0.1) is 18.1 Å². The SMILES string of the molecule is NC(=O)C[C@H](NC(=O)c1ccc2[nH]ncc2c1)C(=O)O. The highest BCUT2D eigenvalue weighted by Crippen LogP contribution is 2.13. The maximum absolute atomic E-state index is 11.9. The number of primary amides is 1. The Morgan fingerprint density at radius 1 is 1.40 bits per heavy atom. The van der Waals surface area contributed by atoms with E-state index in [1.165, 1.54) is 6.07 Å². The van der Waals surface area contributed by atoms with E-state index < -0.39 is 30.2 Å². The van der Waals surface area contributed by atoms with Crippen molar-refractivity contribution in [3.05, 3.63) is 30.0 Å². The fraction of sp³-hybridized carbons (Fsp3) is 0.167. The van der Waals surface area contributed by atoms with E-state index >= 15 is 0 Å². The van der Waals surface area contributed by atoms with Gasteiger partial charge in [0.1, 0.15) is 6.04 Å². The average Bonchev–Trinajstić information content (AvgIpc) is 2.84. The Balaban J connectivity index is 2.17. The van der Waals surface area contributed by atoms with Crippen molar-refractivity contribution in [2.45, 2.75) is 12.5 Å². The summed E-state index contributed by atoms with van der Waals surface area (Å²) in [4.78, 5) is 33.7. The smallest absolute Gasteiger partial charge is 0.326 e. The zero-order chi connectivity index (χ0) is 14.7. The van der Waals surface area contributed by atoms with Crippen molar-refractivity contribution in [3.8, 4) is 0 Å². The van der Waals surface area contributed by atoms with Crippen molar-refractivity contribution in [2.75, 3.05) is 0 Å². The van der Waals surface area contributed by atoms with Crippen LogP contribution in [0.15, 0.2) is 24.4 Å². The fourth-order valence-electron chi connectivity index (χ4n) is 1.73. The van der Waals surface area contributed by atoms with Crippen LogP contribution in [0.2, 0.25) is 0 Å². The van der Waals surface area contributed by atoms with Gasteiger partial charge in [-0.2, -0.15) is 5.10 Å². The van der Waals surface area contributed by atoms with Gasteiger partial charge in [0.15, 0.2) is 0 Å². The first-order chi connectivity index (χ1) is 9.47. The number of carboxylic acid groups (broad SMARTS) is 1. The van der Waals surface area contributed by atoms with Crippen LogP contribution in [0.3, 0.4) is 0 Å². The van der Waals surface area contributed by atoms with E-state index in [2.05, 4.69) is 15.5 Å². The molecule has 1 heterocycles. The number of aromatic amines is 1. The molecular formula is C12H12N4O4. The molecule has 1 atom stereocenters. The number of carbonyl (C=O) groups excluding carboxylic acids is 2. The Morgan fingerprint density at radius 3 is 2.80 bits per heavy atom. The lowest BCUT2D eigenvalue weighted by atomic mass is 10.1. The number of aromatic nitrogens is 2. The molecule has 0 fully saturated rings. The van der Waals surface area contributed by atoms with Gasteiger partial charge in [0.2, 0.25) is 5.91 Å². The quantitative estimate of drug-likeness (QED) is 0.589. The van der Waals surface area contributed by atoms with Crippen molar-refractivity contribution in [3.63, 3.8) is 0 Å². The maximum Gasteiger partial charge on any atom is 0.326 e. The summed E-state index contributed by atoms with van der Waals surface area (Å²) in [6.45, 7) is 0. The zero-order valence-electron chi connectivity index (χ0n) is 10.3. The number of fused-ring (bicyclic) bond motifs is 1. The molecular weight excluding hydrogens is 264 g/mol. The van der Waals surface area contributed by atoms with Gasteiger partial charge >= 0.3 is 5.97 Å². The maximum atomic E-state index is 11.9. The van der Waals surface area contributed by atoms with E-state index in [0.717, 1.165) is 10.9 Å². The number of H-pyrrole nitrogens is 1. The lowest BCUT2D eigenvalue weighted by molar-refractivity contribution is -0.140. The monoisotopic (exact) mass is 276 g/mol. The molecule has 0 aliphatic carbocycles. The summed E-state index contributed by atoms with van der Waals surface area (Å²) in [5.41, 5.74) is 5.97. The predicted molar refractivity (Wildman–Crippen MR) is 68.8 cm³/mol. The normalized spacial score (nSPS) is 12.0. The van der Waals surface area contributed by atoms with Crippen molar-refractivity contribution < 1.29 is 19.5 Å². The summed E-state index contributed by atoms with van der Waals surface area (Å²) in [6.07, 6.45) is 1.08. The standard InChI is InChI=1S/C12H12N4O4/c13-10(17)4-9(12(19)20)15-11(18)6-1-2-8-7(3-6)5-14-16-8/h1-3,5,9H,4H2,(H2,13,17)(H,14,16)(H,15,18)(H,19,20)/t9-/m0/s1. The minimum atomic E-state index is -1.35. The fourth-order valence-corrected chi connectivity index (χ4v) is 1.73. The number of aliphatic carboxylic acids is 1. The van der Waals surface area contributed by atoms with Crippen LogP contribution in [0.4, 0.5) is 0 Å². The Bertz CT molecular complexity index is 679. The molecule has 8 nitrogen and oxygen atoms in total. The minimum absolute atomic E-state index is 0.273. The number of hydrogen-bond acceptors (Lipinski definition) is 4. The Labute approximate surface area is 113 Å². The first kappa shape index (κ1) is 13.5. The summed E-state index contributed by atoms with van der Waals surface area (Å²) in [7, 11) is 0. The van der Waals surface area contributed by atoms with Gasteiger partial charge in [-0.25, -0.2) is 4.79 Å². The molecule has 0 bridgehead atoms. The molecule has 0 spiro atoms. The number of amides is 2. The van der Waals surface area contributed by atoms with Crippen molar-refractivity contribution in [1.82, 2.24) is 15.5 Å². The molecule has 0 saturated heterocycles. The molecule has 0 aliphatic heterocycles. The number of benzene rings is 1. The van der Waals surface area contributed by atoms with Crippen LogP contribution in [-0.2, 0) is 9.59 Å². The number of carboxylic acids is 1. The van der Waals surface area contributed by atoms with Gasteiger partial charge < -0.3 is 16.2 Å². The van der Waals surface area contributed by atoms with Gasteiger partial charge in [-0.05, 0) is 18.2 Å². The molecule has 0 saturated carbocycles. The van der Waals surface area contributed by atoms with Crippen LogP contribution < -0.4 is 11.1 Å². The summed E-state index contributed by atoms with van der Waals surface area (Å²) < 4.78 is 0. The van der Waals surface area contributed by atoms with E-state index in [1.807, 2.05) is 0 Å². The lowest BCUT2D eigenvalue weighted by Gasteiger charge is -2.12. The van der Waals surface area contributed by atoms with E-state index in [1.54, 1.807) is 18.3 Å². The highest BCUT2D eigenvalue weighted by Gasteiger charge is 2.22. The summed E-state index contributed by atoms with van der Waals surface area (Å²) in [5, 5.41) is 18.4. The molecule has 0 aliphatic rings. The van der Waals surface area contributed by atoms with E-state index in [4.69, 9.17) is 10.8 Å². The van der Waals surface area contributed by atoms with Crippen LogP contribution in [-0.4, -0.2) is 39.1 Å². The first-order valence-electron chi connectivity index (χ1n) is 5.72. The second-order valence-corrected chi connectivity index (χ2v) is 4.21. The molecule has 5 N–H and O–H groups in total. The van der Waals surface area contributed by atoms with E-state index in [-0.39, 0.29) is 5.56 Å². The Kier molecular flexibility index (Phi) is 3.65. The molecule has 20 heavy (non-hydrogen) atoms. The molecule has 2 aromatic rings. The summed E-state index contributed by atoms with van der Waals surface area (Å²) in [5.74, 6) is -2.72. The summed E-state index contributed by atoms with van der Waals surface area (Å²) >= 11 is 0. The molecule has 104 valence electrons. The van der Waals surface area contributed by atoms with Crippen LogP contribution >= 0.6 is 0 Å². The third-order valence-corrected chi connectivity index (χ3v) is 2.71. The second kappa shape index (κ2) is 5.39. The number of nitrogens with two attached hydrogens (primary N) is 1. The van der Waals surface area contributed by atoms with Crippen molar-refractivity contribution >= 4 is 28.7 Å². The number of nitrogens with zero attached hydrogens (tertiary/aromatic N) is 1. The predicted octanol–water partition coefficient (Wildman–Crippen LogP) is -0.379. The number of rotatable bonds is 5. The minimum Gasteiger partial charge on any atom is -0.480 e. The second-order valence-electron chi connectivity index (χ2n) is 4.21. The Morgan fingerprint density at radius 2 is 2.15 bits per heavy atom. The molecule has 1 aromatic carbocycles. The van der Waals surface area contributed by atoms with Gasteiger partial charge in [-0.15, -0.1) is 0 Å². The Hall–Kier alpha value is -2.90. The highest BCUT2D eigenvalue weighted by molar-refractivity contribution is 6.00. The van der Waals surface area contributed by atoms with Crippen LogP contribution in [0.25, 0.3) is 10.9 Å². The van der Waals surface area contributed by atoms with Gasteiger partial charge in [-0.3, -0.25) is 14.7 Å². The highest BCUT2D eigenvalue weighted by atomic mass is 16.4. The number of nitrogens with one attached hydrogen (secondary N) is 2. The topological polar surface area (TPSA) is 138 Å². The number of carbonyl (C=O) groups is 3. The molecule has 8 heteroatoms. The average molecular weight is 276 g/mol. The summed E-state index contributed by atoms with van der Waals surface area (Å²) in [6, 6.07) is 3.40. The largest absolute Gasteiger partial charge is 0.480 e. The molecule has 2 rings (SSSR count). The molecule has 1 aromatic heterocycles. The van der Waals surface area contributed by atoms with Gasteiger partial charge in [0, 0.05) is 10.9 Å². The van der Waals surface area contributed by atoms with Gasteiger partial charge in [0.25, 0.3) is 5.91 Å². The molecule has 0 radical (unpaired) electrons. The van der Waals surface area contributed by atoms with Gasteiger partial charge in [-0.1, -0.05) is 0 Å². The third-order valence-electron chi connectivity index (χ3n) is 2.71. The number of hydrogen-bond donors (Lipinski definition) is 4. The van der Waals surface area contributed by atoms with E-state index in [9.17, 15) is 14.4 Å². The van der Waals surface area contributed by atoms with Crippen LogP contribution in [0.1, 0.15) is 16.8 Å². The zero-order valence-corrected chi connectivity index (χ0v) is 10.3. The first-order valence-corrected chi connectivity index (χ1v) is 5.72. The molecule has 0 unspecified atom stereocenters.